The van der Waals surface area contributed by atoms with Gasteiger partial charge in [-0.05, 0) is 52.4 Å². The molecule has 1 N–H and O–H groups in total. The first-order valence-corrected chi connectivity index (χ1v) is 8.89. The molecule has 0 unspecified atom stereocenters. The Morgan fingerprint density at radius 1 is 0.808 bits per heavy atom. The Morgan fingerprint density at radius 3 is 2.19 bits per heavy atom. The van der Waals surface area contributed by atoms with Gasteiger partial charge in [-0.2, -0.15) is 0 Å². The molecule has 4 rings (SSSR count). The van der Waals surface area contributed by atoms with Crippen LogP contribution in [-0.2, 0) is 0 Å². The highest BCUT2D eigenvalue weighted by Crippen LogP contribution is 2.29. The van der Waals surface area contributed by atoms with Gasteiger partial charge in [-0.25, -0.2) is 4.79 Å². The number of nitrogens with zero attached hydrogens (tertiary/aromatic N) is 2. The summed E-state index contributed by atoms with van der Waals surface area (Å²) in [5.74, 6) is -0.978. The Kier molecular flexibility index (Phi) is 4.29. The van der Waals surface area contributed by atoms with Gasteiger partial charge in [-0.3, -0.25) is 9.97 Å². The maximum atomic E-state index is 11.2. The van der Waals surface area contributed by atoms with Gasteiger partial charge in [0.1, 0.15) is 0 Å². The number of hydrogen-bond acceptors (Lipinski definition) is 4. The van der Waals surface area contributed by atoms with Crippen LogP contribution in [-0.4, -0.2) is 21.0 Å². The molecule has 0 atom stereocenters. The topological polar surface area (TPSA) is 63.1 Å². The first-order valence-electron chi connectivity index (χ1n) is 8.01. The number of pyridine rings is 2. The largest absolute Gasteiger partial charge is 0.478 e. The number of carbonyl (C=O) groups is 1. The van der Waals surface area contributed by atoms with Gasteiger partial charge >= 0.3 is 5.97 Å². The van der Waals surface area contributed by atoms with E-state index in [2.05, 4.69) is 45.7 Å². The van der Waals surface area contributed by atoms with Crippen molar-refractivity contribution in [1.29, 1.82) is 0 Å². The van der Waals surface area contributed by atoms with E-state index in [9.17, 15) is 4.79 Å². The Balaban J connectivity index is 1.68. The molecule has 0 aliphatic heterocycles. The van der Waals surface area contributed by atoms with E-state index in [1.165, 1.54) is 28.8 Å². The lowest BCUT2D eigenvalue weighted by molar-refractivity contribution is 0.0697. The van der Waals surface area contributed by atoms with Crippen LogP contribution in [0.15, 0.2) is 78.4 Å². The van der Waals surface area contributed by atoms with Crippen LogP contribution in [0.1, 0.15) is 10.4 Å². The first kappa shape index (κ1) is 16.2. The third-order valence-corrected chi connectivity index (χ3v) is 4.97. The highest BCUT2D eigenvalue weighted by Gasteiger charge is 2.08. The second kappa shape index (κ2) is 6.90. The number of aromatic carboxylic acids is 1. The van der Waals surface area contributed by atoms with Gasteiger partial charge in [0.15, 0.2) is 0 Å². The summed E-state index contributed by atoms with van der Waals surface area (Å²) in [7, 11) is 0. The van der Waals surface area contributed by atoms with E-state index in [0.29, 0.717) is 11.4 Å². The average molecular weight is 358 g/mol. The Bertz CT molecular complexity index is 1060. The lowest BCUT2D eigenvalue weighted by Crippen LogP contribution is -1.98. The summed E-state index contributed by atoms with van der Waals surface area (Å²) in [5, 5.41) is 11.2. The van der Waals surface area contributed by atoms with Crippen LogP contribution >= 0.6 is 11.3 Å². The second-order valence-corrected chi connectivity index (χ2v) is 6.67. The van der Waals surface area contributed by atoms with Crippen molar-refractivity contribution in [1.82, 2.24) is 9.97 Å². The summed E-state index contributed by atoms with van der Waals surface area (Å²) in [4.78, 5) is 21.0. The van der Waals surface area contributed by atoms with Crippen molar-refractivity contribution >= 4 is 17.3 Å². The maximum Gasteiger partial charge on any atom is 0.335 e. The molecular weight excluding hydrogens is 344 g/mol. The van der Waals surface area contributed by atoms with Crippen LogP contribution in [0.2, 0.25) is 0 Å². The minimum atomic E-state index is -0.978. The predicted molar refractivity (Wildman–Crippen MR) is 103 cm³/mol. The summed E-state index contributed by atoms with van der Waals surface area (Å²) in [6.07, 6.45) is 3.20. The zero-order chi connectivity index (χ0) is 17.9. The van der Waals surface area contributed by atoms with Crippen LogP contribution in [0.4, 0.5) is 0 Å². The van der Waals surface area contributed by atoms with Crippen molar-refractivity contribution < 1.29 is 9.90 Å². The van der Waals surface area contributed by atoms with Crippen molar-refractivity contribution in [2.24, 2.45) is 0 Å². The number of thiophene rings is 1. The summed E-state index contributed by atoms with van der Waals surface area (Å²) in [6, 6.07) is 19.4. The molecule has 0 radical (unpaired) electrons. The fraction of sp³-hybridized carbons (Fsp3) is 0. The molecule has 0 aliphatic rings. The van der Waals surface area contributed by atoms with Gasteiger partial charge in [0.05, 0.1) is 17.0 Å². The van der Waals surface area contributed by atoms with Crippen molar-refractivity contribution in [3.8, 4) is 33.0 Å². The lowest BCUT2D eigenvalue weighted by atomic mass is 10.0. The fourth-order valence-electron chi connectivity index (χ4n) is 2.72. The van der Waals surface area contributed by atoms with Crippen LogP contribution < -0.4 is 0 Å². The van der Waals surface area contributed by atoms with Gasteiger partial charge in [0.2, 0.25) is 0 Å². The first-order chi connectivity index (χ1) is 12.7. The molecule has 1 aromatic carbocycles. The molecule has 3 aromatic heterocycles. The Morgan fingerprint density at radius 2 is 1.50 bits per heavy atom. The standard InChI is InChI=1S/C21H14N2O2S/c24-21(25)17-8-10-23-19(13-17)18-12-16(7-9-22-18)14-3-5-15(6-4-14)20-2-1-11-26-20/h1-13H,(H,24,25). The van der Waals surface area contributed by atoms with E-state index in [1.807, 2.05) is 18.2 Å². The zero-order valence-corrected chi connectivity index (χ0v) is 14.5. The molecule has 0 bridgehead atoms. The summed E-state index contributed by atoms with van der Waals surface area (Å²) >= 11 is 1.71. The lowest BCUT2D eigenvalue weighted by Gasteiger charge is -2.06. The molecule has 0 amide bonds. The second-order valence-electron chi connectivity index (χ2n) is 5.72. The molecule has 4 aromatic rings. The Hall–Kier alpha value is -3.31. The molecule has 0 spiro atoms. The Labute approximate surface area is 154 Å². The van der Waals surface area contributed by atoms with Gasteiger partial charge in [0.25, 0.3) is 0 Å². The number of hydrogen-bond donors (Lipinski definition) is 1. The number of carboxylic acid groups (broad SMARTS) is 1. The average Bonchev–Trinajstić information content (AvgIpc) is 3.23. The predicted octanol–water partition coefficient (Wildman–Crippen LogP) is 5.24. The SMILES string of the molecule is O=C(O)c1ccnc(-c2cc(-c3ccc(-c4cccs4)cc3)ccn2)c1. The smallest absolute Gasteiger partial charge is 0.335 e. The number of carboxylic acids is 1. The van der Waals surface area contributed by atoms with Crippen molar-refractivity contribution in [2.45, 2.75) is 0 Å². The quantitative estimate of drug-likeness (QED) is 0.542. The minimum Gasteiger partial charge on any atom is -0.478 e. The highest BCUT2D eigenvalue weighted by atomic mass is 32.1. The fourth-order valence-corrected chi connectivity index (χ4v) is 3.46. The van der Waals surface area contributed by atoms with E-state index < -0.39 is 5.97 Å². The highest BCUT2D eigenvalue weighted by molar-refractivity contribution is 7.13. The van der Waals surface area contributed by atoms with Crippen LogP contribution in [0.25, 0.3) is 33.0 Å². The number of rotatable bonds is 4. The van der Waals surface area contributed by atoms with Crippen LogP contribution in [0, 0.1) is 0 Å². The molecule has 3 heterocycles. The molecule has 0 saturated carbocycles. The van der Waals surface area contributed by atoms with E-state index in [4.69, 9.17) is 5.11 Å². The monoisotopic (exact) mass is 358 g/mol. The van der Waals surface area contributed by atoms with E-state index >= 15 is 0 Å². The molecule has 126 valence electrons. The van der Waals surface area contributed by atoms with Crippen molar-refractivity contribution in [3.05, 3.63) is 84.0 Å². The van der Waals surface area contributed by atoms with Crippen molar-refractivity contribution in [2.75, 3.05) is 0 Å². The van der Waals surface area contributed by atoms with Crippen LogP contribution in [0.3, 0.4) is 0 Å². The maximum absolute atomic E-state index is 11.2. The summed E-state index contributed by atoms with van der Waals surface area (Å²) in [6.45, 7) is 0. The van der Waals surface area contributed by atoms with Gasteiger partial charge in [-0.15, -0.1) is 11.3 Å². The van der Waals surface area contributed by atoms with Gasteiger partial charge in [0, 0.05) is 17.3 Å². The van der Waals surface area contributed by atoms with Crippen molar-refractivity contribution in [3.63, 3.8) is 0 Å². The van der Waals surface area contributed by atoms with Crippen LogP contribution in [0.5, 0.6) is 0 Å². The zero-order valence-electron chi connectivity index (χ0n) is 13.7. The van der Waals surface area contributed by atoms with Gasteiger partial charge in [-0.1, -0.05) is 30.3 Å². The number of benzene rings is 1. The van der Waals surface area contributed by atoms with E-state index in [-0.39, 0.29) is 5.56 Å². The minimum absolute atomic E-state index is 0.197. The molecule has 0 aliphatic carbocycles. The molecule has 0 fully saturated rings. The molecule has 4 nitrogen and oxygen atoms in total. The van der Waals surface area contributed by atoms with Gasteiger partial charge < -0.3 is 5.11 Å². The third-order valence-electron chi connectivity index (χ3n) is 4.05. The molecular formula is C21H14N2O2S. The molecule has 5 heteroatoms. The molecule has 0 saturated heterocycles. The number of aromatic nitrogens is 2. The van der Waals surface area contributed by atoms with E-state index in [1.54, 1.807) is 17.5 Å². The summed E-state index contributed by atoms with van der Waals surface area (Å²) < 4.78 is 0. The third kappa shape index (κ3) is 3.25. The van der Waals surface area contributed by atoms with E-state index in [0.717, 1.165) is 11.1 Å². The molecule has 26 heavy (non-hydrogen) atoms. The summed E-state index contributed by atoms with van der Waals surface area (Å²) in [5.41, 5.74) is 4.66. The normalized spacial score (nSPS) is 10.6.